The molecule has 4 rings (SSSR count). The highest BCUT2D eigenvalue weighted by Gasteiger charge is 2.40. The van der Waals surface area contributed by atoms with Crippen LogP contribution in [-0.4, -0.2) is 47.1 Å². The van der Waals surface area contributed by atoms with E-state index >= 15 is 0 Å². The van der Waals surface area contributed by atoms with Crippen LogP contribution in [-0.2, 0) is 11.2 Å². The molecule has 2 aromatic rings. The summed E-state index contributed by atoms with van der Waals surface area (Å²) in [4.78, 5) is 22.9. The Morgan fingerprint density at radius 3 is 2.92 bits per heavy atom. The van der Waals surface area contributed by atoms with Gasteiger partial charge < -0.3 is 19.4 Å². The minimum atomic E-state index is -0.320. The van der Waals surface area contributed by atoms with Crippen LogP contribution in [0, 0.1) is 19.7 Å². The summed E-state index contributed by atoms with van der Waals surface area (Å²) < 4.78 is 25.0. The van der Waals surface area contributed by atoms with Gasteiger partial charge in [0.15, 0.2) is 0 Å². The van der Waals surface area contributed by atoms with Crippen molar-refractivity contribution in [3.8, 4) is 5.75 Å². The number of hydrogen-bond acceptors (Lipinski definition) is 4. The summed E-state index contributed by atoms with van der Waals surface area (Å²) in [5.41, 5.74) is 2.79. The Kier molecular flexibility index (Phi) is 4.19. The summed E-state index contributed by atoms with van der Waals surface area (Å²) in [6.07, 6.45) is 1.09. The number of carbonyl (C=O) groups excluding carboxylic acids is 1. The maximum atomic E-state index is 14.0. The van der Waals surface area contributed by atoms with Gasteiger partial charge in [0.05, 0.1) is 30.0 Å². The molecular formula is C19H22FN3O3. The van der Waals surface area contributed by atoms with Crippen LogP contribution in [0.3, 0.4) is 0 Å². The minimum absolute atomic E-state index is 0.0657. The Bertz CT molecular complexity index is 844. The fourth-order valence-corrected chi connectivity index (χ4v) is 3.76. The zero-order chi connectivity index (χ0) is 18.4. The maximum Gasteiger partial charge on any atom is 0.258 e. The van der Waals surface area contributed by atoms with E-state index in [2.05, 4.69) is 9.97 Å². The highest BCUT2D eigenvalue weighted by Crippen LogP contribution is 2.37. The topological polar surface area (TPSA) is 67.5 Å². The molecule has 0 spiro atoms. The Hall–Kier alpha value is -2.41. The van der Waals surface area contributed by atoms with Crippen LogP contribution >= 0.6 is 0 Å². The zero-order valence-corrected chi connectivity index (χ0v) is 15.1. The molecule has 0 aliphatic carbocycles. The van der Waals surface area contributed by atoms with Crippen molar-refractivity contribution in [2.24, 2.45) is 0 Å². The molecule has 138 valence electrons. The minimum Gasteiger partial charge on any atom is -0.492 e. The number of benzene rings is 1. The summed E-state index contributed by atoms with van der Waals surface area (Å²) in [5, 5.41) is 0. The van der Waals surface area contributed by atoms with E-state index in [1.807, 2.05) is 13.8 Å². The monoisotopic (exact) mass is 359 g/mol. The van der Waals surface area contributed by atoms with Crippen LogP contribution in [0.2, 0.25) is 0 Å². The third kappa shape index (κ3) is 2.67. The maximum absolute atomic E-state index is 14.0. The van der Waals surface area contributed by atoms with E-state index in [-0.39, 0.29) is 23.9 Å². The normalized spacial score (nSPS) is 21.8. The Morgan fingerprint density at radius 2 is 2.23 bits per heavy atom. The Morgan fingerprint density at radius 1 is 1.42 bits per heavy atom. The quantitative estimate of drug-likeness (QED) is 0.915. The molecule has 0 unspecified atom stereocenters. The number of carbonyl (C=O) groups is 1. The molecule has 1 aromatic heterocycles. The number of ether oxygens (including phenoxy) is 2. The number of fused-ring (bicyclic) bond motifs is 1. The second kappa shape index (κ2) is 6.39. The number of imidazole rings is 1. The first kappa shape index (κ1) is 17.0. The number of nitrogens with one attached hydrogen (secondary N) is 1. The molecule has 3 heterocycles. The number of nitrogens with zero attached hydrogens (tertiary/aromatic N) is 2. The molecular weight excluding hydrogens is 337 g/mol. The predicted octanol–water partition coefficient (Wildman–Crippen LogP) is 2.70. The lowest BCUT2D eigenvalue weighted by atomic mass is 10.1. The van der Waals surface area contributed by atoms with Crippen LogP contribution in [0.4, 0.5) is 4.39 Å². The molecule has 26 heavy (non-hydrogen) atoms. The second-order valence-electron chi connectivity index (χ2n) is 6.90. The van der Waals surface area contributed by atoms with Crippen LogP contribution in [0.25, 0.3) is 0 Å². The van der Waals surface area contributed by atoms with E-state index in [0.717, 1.165) is 17.2 Å². The molecule has 1 N–H and O–H groups in total. The number of H-pyrrole nitrogens is 1. The van der Waals surface area contributed by atoms with Crippen LogP contribution < -0.4 is 4.74 Å². The molecule has 1 amide bonds. The van der Waals surface area contributed by atoms with Gasteiger partial charge in [0.25, 0.3) is 5.91 Å². The number of methoxy groups -OCH3 is 1. The van der Waals surface area contributed by atoms with E-state index in [9.17, 15) is 9.18 Å². The van der Waals surface area contributed by atoms with Gasteiger partial charge in [-0.1, -0.05) is 0 Å². The van der Waals surface area contributed by atoms with Crippen molar-refractivity contribution in [3.05, 3.63) is 46.3 Å². The molecule has 6 nitrogen and oxygen atoms in total. The average molecular weight is 359 g/mol. The van der Waals surface area contributed by atoms with E-state index in [1.54, 1.807) is 12.0 Å². The van der Waals surface area contributed by atoms with Crippen LogP contribution in [0.5, 0.6) is 5.75 Å². The van der Waals surface area contributed by atoms with Gasteiger partial charge in [-0.2, -0.15) is 0 Å². The first-order valence-electron chi connectivity index (χ1n) is 8.80. The van der Waals surface area contributed by atoms with Gasteiger partial charge in [0, 0.05) is 37.8 Å². The smallest absolute Gasteiger partial charge is 0.258 e. The third-order valence-corrected chi connectivity index (χ3v) is 5.35. The largest absolute Gasteiger partial charge is 0.492 e. The highest BCUT2D eigenvalue weighted by molar-refractivity contribution is 5.98. The van der Waals surface area contributed by atoms with E-state index in [1.165, 1.54) is 12.1 Å². The molecule has 0 radical (unpaired) electrons. The fourth-order valence-electron chi connectivity index (χ4n) is 3.76. The van der Waals surface area contributed by atoms with E-state index in [0.29, 0.717) is 42.9 Å². The molecule has 2 aliphatic heterocycles. The SMILES string of the molecule is CO[C@@H]1C[C@@H](c2nc(C)c(C)[nH]2)N(C(=O)c2ccc(F)c3c2OCC3)C1. The molecule has 1 aromatic carbocycles. The number of halogens is 1. The number of aromatic amines is 1. The molecule has 0 bridgehead atoms. The summed E-state index contributed by atoms with van der Waals surface area (Å²) in [7, 11) is 1.65. The van der Waals surface area contributed by atoms with Crippen molar-refractivity contribution in [1.82, 2.24) is 14.9 Å². The van der Waals surface area contributed by atoms with Gasteiger partial charge in [-0.25, -0.2) is 9.37 Å². The number of hydrogen-bond donors (Lipinski definition) is 1. The van der Waals surface area contributed by atoms with Crippen LogP contribution in [0.1, 0.15) is 45.6 Å². The summed E-state index contributed by atoms with van der Waals surface area (Å²) in [5.74, 6) is 0.632. The predicted molar refractivity (Wildman–Crippen MR) is 92.9 cm³/mol. The van der Waals surface area contributed by atoms with Crippen molar-refractivity contribution in [2.75, 3.05) is 20.3 Å². The number of aromatic nitrogens is 2. The lowest BCUT2D eigenvalue weighted by molar-refractivity contribution is 0.0681. The van der Waals surface area contributed by atoms with Crippen molar-refractivity contribution < 1.29 is 18.7 Å². The number of amides is 1. The number of rotatable bonds is 3. The van der Waals surface area contributed by atoms with E-state index in [4.69, 9.17) is 9.47 Å². The molecule has 2 atom stereocenters. The molecule has 7 heteroatoms. The summed E-state index contributed by atoms with van der Waals surface area (Å²) in [6, 6.07) is 2.65. The van der Waals surface area contributed by atoms with Gasteiger partial charge in [-0.3, -0.25) is 4.79 Å². The lowest BCUT2D eigenvalue weighted by Gasteiger charge is -2.24. The second-order valence-corrected chi connectivity index (χ2v) is 6.90. The number of aryl methyl sites for hydroxylation is 2. The van der Waals surface area contributed by atoms with Crippen molar-refractivity contribution >= 4 is 5.91 Å². The van der Waals surface area contributed by atoms with Gasteiger partial charge in [-0.05, 0) is 26.0 Å². The van der Waals surface area contributed by atoms with E-state index < -0.39 is 0 Å². The van der Waals surface area contributed by atoms with Crippen molar-refractivity contribution in [3.63, 3.8) is 0 Å². The first-order valence-corrected chi connectivity index (χ1v) is 8.80. The first-order chi connectivity index (χ1) is 12.5. The third-order valence-electron chi connectivity index (χ3n) is 5.35. The highest BCUT2D eigenvalue weighted by atomic mass is 19.1. The van der Waals surface area contributed by atoms with Gasteiger partial charge >= 0.3 is 0 Å². The van der Waals surface area contributed by atoms with Crippen molar-refractivity contribution in [1.29, 1.82) is 0 Å². The van der Waals surface area contributed by atoms with Crippen LogP contribution in [0.15, 0.2) is 12.1 Å². The molecule has 1 fully saturated rings. The molecule has 1 saturated heterocycles. The molecule has 2 aliphatic rings. The molecule has 0 saturated carbocycles. The summed E-state index contributed by atoms with van der Waals surface area (Å²) >= 11 is 0. The van der Waals surface area contributed by atoms with Gasteiger partial charge in [0.1, 0.15) is 17.4 Å². The average Bonchev–Trinajstić information content (AvgIpc) is 3.34. The fraction of sp³-hybridized carbons (Fsp3) is 0.474. The lowest BCUT2D eigenvalue weighted by Crippen LogP contribution is -2.32. The zero-order valence-electron chi connectivity index (χ0n) is 15.1. The number of likely N-dealkylation sites (tertiary alicyclic amines) is 1. The summed E-state index contributed by atoms with van der Waals surface area (Å²) in [6.45, 7) is 4.76. The van der Waals surface area contributed by atoms with Gasteiger partial charge in [-0.15, -0.1) is 0 Å². The van der Waals surface area contributed by atoms with Gasteiger partial charge in [0.2, 0.25) is 0 Å². The Balaban J connectivity index is 1.70. The standard InChI is InChI=1S/C19H22FN3O3/c1-10-11(2)22-18(21-10)16-8-12(25-3)9-23(16)19(24)14-4-5-15(20)13-6-7-26-17(13)14/h4-5,12,16H,6-9H2,1-3H3,(H,21,22)/t12-,16+/m1/s1. The van der Waals surface area contributed by atoms with Crippen molar-refractivity contribution in [2.45, 2.75) is 38.8 Å². The Labute approximate surface area is 151 Å².